The number of benzene rings is 3. The SMILES string of the molecule is O=C(O)C1C(CCc2ccccc2O)c2cc(O)c(OC3OC(CO)C(O)C(O)C3O)cc2N1C(=O)C=Cc1ccc(O)cc1. The minimum atomic E-state index is -1.79. The number of anilines is 1. The summed E-state index contributed by atoms with van der Waals surface area (Å²) in [5.41, 5.74) is 1.51. The Bertz CT molecular complexity index is 1570. The number of carbonyl (C=O) groups is 2. The number of phenolic OH excluding ortho intramolecular Hbond substituents is 3. The molecule has 0 aliphatic carbocycles. The summed E-state index contributed by atoms with van der Waals surface area (Å²) in [6.07, 6.45) is -5.11. The fraction of sp³-hybridized carbons (Fsp3) is 0.312. The van der Waals surface area contributed by atoms with Gasteiger partial charge in [0.2, 0.25) is 6.29 Å². The number of fused-ring (bicyclic) bond motifs is 1. The molecule has 8 N–H and O–H groups in total. The molecular formula is C32H33NO12. The monoisotopic (exact) mass is 623 g/mol. The molecule has 0 radical (unpaired) electrons. The number of aryl methyl sites for hydroxylation is 1. The minimum absolute atomic E-state index is 0.0249. The van der Waals surface area contributed by atoms with Gasteiger partial charge in [0.1, 0.15) is 42.0 Å². The van der Waals surface area contributed by atoms with Gasteiger partial charge in [-0.15, -0.1) is 0 Å². The van der Waals surface area contributed by atoms with Crippen molar-refractivity contribution in [1.29, 1.82) is 0 Å². The highest BCUT2D eigenvalue weighted by Gasteiger charge is 2.48. The molecule has 3 aromatic rings. The topological polar surface area (TPSA) is 218 Å². The zero-order valence-corrected chi connectivity index (χ0v) is 23.7. The van der Waals surface area contributed by atoms with Crippen LogP contribution in [-0.2, 0) is 20.7 Å². The van der Waals surface area contributed by atoms with Gasteiger partial charge in [-0.3, -0.25) is 9.69 Å². The predicted molar refractivity (Wildman–Crippen MR) is 158 cm³/mol. The van der Waals surface area contributed by atoms with Crippen molar-refractivity contribution in [3.63, 3.8) is 0 Å². The molecule has 1 amide bonds. The van der Waals surface area contributed by atoms with Crippen molar-refractivity contribution in [2.45, 2.75) is 55.5 Å². The molecule has 0 saturated carbocycles. The molecule has 0 aromatic heterocycles. The van der Waals surface area contributed by atoms with Gasteiger partial charge in [-0.05, 0) is 59.9 Å². The second-order valence-electron chi connectivity index (χ2n) is 10.9. The van der Waals surface area contributed by atoms with Crippen LogP contribution in [0.25, 0.3) is 6.08 Å². The number of aliphatic hydroxyl groups excluding tert-OH is 4. The Hall–Kier alpha value is -4.66. The van der Waals surface area contributed by atoms with Gasteiger partial charge in [-0.1, -0.05) is 30.3 Å². The summed E-state index contributed by atoms with van der Waals surface area (Å²) >= 11 is 0. The Balaban J connectivity index is 1.53. The fourth-order valence-corrected chi connectivity index (χ4v) is 5.68. The Labute approximate surface area is 257 Å². The number of aliphatic hydroxyl groups is 4. The van der Waals surface area contributed by atoms with Crippen molar-refractivity contribution in [2.24, 2.45) is 0 Å². The Morgan fingerprint density at radius 3 is 2.29 bits per heavy atom. The molecule has 3 aromatic carbocycles. The van der Waals surface area contributed by atoms with E-state index in [0.717, 1.165) is 4.90 Å². The van der Waals surface area contributed by atoms with Gasteiger partial charge in [0.15, 0.2) is 11.5 Å². The third kappa shape index (κ3) is 6.43. The number of para-hydroxylation sites is 1. The second-order valence-corrected chi connectivity index (χ2v) is 10.9. The van der Waals surface area contributed by atoms with E-state index < -0.39 is 66.9 Å². The van der Waals surface area contributed by atoms with Crippen LogP contribution in [0.2, 0.25) is 0 Å². The first-order chi connectivity index (χ1) is 21.5. The molecule has 0 spiro atoms. The highest BCUT2D eigenvalue weighted by Crippen LogP contribution is 2.49. The van der Waals surface area contributed by atoms with Crippen LogP contribution in [-0.4, -0.2) is 96.1 Å². The maximum absolute atomic E-state index is 13.7. The molecule has 7 unspecified atom stereocenters. The maximum atomic E-state index is 13.7. The number of carboxylic acid groups (broad SMARTS) is 1. The minimum Gasteiger partial charge on any atom is -0.508 e. The predicted octanol–water partition coefficient (Wildman–Crippen LogP) is 1.21. The molecule has 2 heterocycles. The van der Waals surface area contributed by atoms with Crippen LogP contribution in [0, 0.1) is 0 Å². The number of phenols is 3. The fourth-order valence-electron chi connectivity index (χ4n) is 5.68. The van der Waals surface area contributed by atoms with Crippen LogP contribution in [0.4, 0.5) is 5.69 Å². The first-order valence-corrected chi connectivity index (χ1v) is 14.1. The number of hydrogen-bond donors (Lipinski definition) is 8. The van der Waals surface area contributed by atoms with Gasteiger partial charge in [0.25, 0.3) is 5.91 Å². The molecule has 5 rings (SSSR count). The molecule has 0 bridgehead atoms. The second kappa shape index (κ2) is 13.1. The molecule has 1 fully saturated rings. The average Bonchev–Trinajstić information content (AvgIpc) is 3.33. The van der Waals surface area contributed by atoms with Crippen LogP contribution < -0.4 is 9.64 Å². The normalized spacial score (nSPS) is 26.1. The van der Waals surface area contributed by atoms with E-state index in [1.54, 1.807) is 30.3 Å². The van der Waals surface area contributed by atoms with E-state index in [9.17, 15) is 50.4 Å². The van der Waals surface area contributed by atoms with Gasteiger partial charge < -0.3 is 50.3 Å². The van der Waals surface area contributed by atoms with E-state index in [2.05, 4.69) is 0 Å². The average molecular weight is 624 g/mol. The number of aliphatic carboxylic acids is 1. The Kier molecular flexibility index (Phi) is 9.27. The molecule has 238 valence electrons. The number of carboxylic acids is 1. The Morgan fingerprint density at radius 2 is 1.62 bits per heavy atom. The van der Waals surface area contributed by atoms with Crippen molar-refractivity contribution < 1.29 is 59.9 Å². The molecule has 2 aliphatic rings. The van der Waals surface area contributed by atoms with Crippen LogP contribution in [0.15, 0.2) is 66.7 Å². The van der Waals surface area contributed by atoms with E-state index in [4.69, 9.17) is 9.47 Å². The van der Waals surface area contributed by atoms with E-state index >= 15 is 0 Å². The molecule has 1 saturated heterocycles. The molecule has 13 heteroatoms. The first-order valence-electron chi connectivity index (χ1n) is 14.1. The molecule has 45 heavy (non-hydrogen) atoms. The summed E-state index contributed by atoms with van der Waals surface area (Å²) in [5, 5.41) is 81.4. The number of nitrogens with zero attached hydrogens (tertiary/aromatic N) is 1. The van der Waals surface area contributed by atoms with Gasteiger partial charge in [-0.25, -0.2) is 4.79 Å². The molecule has 7 atom stereocenters. The highest BCUT2D eigenvalue weighted by molar-refractivity contribution is 6.09. The summed E-state index contributed by atoms with van der Waals surface area (Å²) < 4.78 is 11.0. The third-order valence-corrected chi connectivity index (χ3v) is 8.04. The van der Waals surface area contributed by atoms with Gasteiger partial charge in [-0.2, -0.15) is 0 Å². The van der Waals surface area contributed by atoms with Crippen molar-refractivity contribution in [1.82, 2.24) is 0 Å². The highest BCUT2D eigenvalue weighted by atomic mass is 16.7. The first kappa shape index (κ1) is 31.8. The van der Waals surface area contributed by atoms with Crippen molar-refractivity contribution in [3.05, 3.63) is 83.4 Å². The summed E-state index contributed by atoms with van der Waals surface area (Å²) in [5.74, 6) is -3.65. The lowest BCUT2D eigenvalue weighted by Gasteiger charge is -2.39. The van der Waals surface area contributed by atoms with Crippen LogP contribution in [0.3, 0.4) is 0 Å². The number of hydrogen-bond acceptors (Lipinski definition) is 11. The lowest BCUT2D eigenvalue weighted by atomic mass is 9.88. The van der Waals surface area contributed by atoms with Crippen LogP contribution >= 0.6 is 0 Å². The lowest BCUT2D eigenvalue weighted by Crippen LogP contribution is -2.60. The van der Waals surface area contributed by atoms with E-state index in [1.807, 2.05) is 0 Å². The molecule has 2 aliphatic heterocycles. The van der Waals surface area contributed by atoms with Gasteiger partial charge in [0, 0.05) is 18.1 Å². The quantitative estimate of drug-likeness (QED) is 0.158. The Morgan fingerprint density at radius 1 is 0.911 bits per heavy atom. The van der Waals surface area contributed by atoms with E-state index in [-0.39, 0.29) is 35.8 Å². The van der Waals surface area contributed by atoms with Crippen molar-refractivity contribution in [3.8, 4) is 23.0 Å². The zero-order valence-electron chi connectivity index (χ0n) is 23.7. The summed E-state index contributed by atoms with van der Waals surface area (Å²) in [4.78, 5) is 27.4. The number of carbonyl (C=O) groups excluding carboxylic acids is 1. The van der Waals surface area contributed by atoms with E-state index in [1.165, 1.54) is 42.5 Å². The van der Waals surface area contributed by atoms with Crippen LogP contribution in [0.1, 0.15) is 29.0 Å². The van der Waals surface area contributed by atoms with Gasteiger partial charge in [0.05, 0.1) is 12.3 Å². The number of aromatic hydroxyl groups is 3. The van der Waals surface area contributed by atoms with Gasteiger partial charge >= 0.3 is 5.97 Å². The van der Waals surface area contributed by atoms with Crippen molar-refractivity contribution in [2.75, 3.05) is 11.5 Å². The van der Waals surface area contributed by atoms with Crippen LogP contribution in [0.5, 0.6) is 23.0 Å². The summed E-state index contributed by atoms with van der Waals surface area (Å²) in [6.45, 7) is -0.713. The van der Waals surface area contributed by atoms with E-state index in [0.29, 0.717) is 16.7 Å². The largest absolute Gasteiger partial charge is 0.508 e. The zero-order chi connectivity index (χ0) is 32.4. The summed E-state index contributed by atoms with van der Waals surface area (Å²) in [7, 11) is 0. The lowest BCUT2D eigenvalue weighted by molar-refractivity contribution is -0.277. The maximum Gasteiger partial charge on any atom is 0.327 e. The summed E-state index contributed by atoms with van der Waals surface area (Å²) in [6, 6.07) is 13.6. The molecule has 13 nitrogen and oxygen atoms in total. The third-order valence-electron chi connectivity index (χ3n) is 8.04. The number of ether oxygens (including phenoxy) is 2. The smallest absolute Gasteiger partial charge is 0.327 e. The number of rotatable bonds is 9. The standard InChI is InChI=1S/C32H33NO12/c34-15-25-28(39)29(40)30(41)32(45-25)44-24-14-21-20(13-23(24)37)19(11-8-17-3-1-2-4-22(17)36)27(31(42)43)33(21)26(38)12-7-16-5-9-18(35)10-6-16/h1-7,9-10,12-14,19,25,27-30,32,34-37,39-41H,8,11,15H2,(H,42,43). The van der Waals surface area contributed by atoms with Crippen molar-refractivity contribution >= 4 is 23.6 Å². The number of amides is 1. The molecular weight excluding hydrogens is 590 g/mol.